The van der Waals surface area contributed by atoms with Gasteiger partial charge in [-0.15, -0.1) is 0 Å². The lowest BCUT2D eigenvalue weighted by molar-refractivity contribution is 0.170. The Kier molecular flexibility index (Phi) is 4.36. The van der Waals surface area contributed by atoms with Gasteiger partial charge in [0.2, 0.25) is 0 Å². The van der Waals surface area contributed by atoms with Crippen molar-refractivity contribution >= 4 is 11.6 Å². The van der Waals surface area contributed by atoms with Gasteiger partial charge < -0.3 is 0 Å². The molecule has 2 aromatic rings. The summed E-state index contributed by atoms with van der Waals surface area (Å²) in [6.45, 7) is 2.91. The predicted molar refractivity (Wildman–Crippen MR) is 83.5 cm³/mol. The summed E-state index contributed by atoms with van der Waals surface area (Å²) >= 11 is 5.89. The summed E-state index contributed by atoms with van der Waals surface area (Å²) in [5.74, 6) is 0. The second-order valence-electron chi connectivity index (χ2n) is 5.42. The maximum absolute atomic E-state index is 12.0. The number of benzene rings is 1. The van der Waals surface area contributed by atoms with Crippen molar-refractivity contribution in [2.24, 2.45) is 0 Å². The normalized spacial score (nSPS) is 17.0. The van der Waals surface area contributed by atoms with E-state index in [9.17, 15) is 4.79 Å². The lowest BCUT2D eigenvalue weighted by atomic mass is 10.0. The standard InChI is InChI=1S/C16H18ClN3O/c17-15-6-9-18-20(16(15)21)14-7-10-19(11-8-14)12-13-4-2-1-3-5-13/h1-6,9,14H,7-8,10-12H2. The van der Waals surface area contributed by atoms with Gasteiger partial charge in [0.25, 0.3) is 5.56 Å². The summed E-state index contributed by atoms with van der Waals surface area (Å²) in [5.41, 5.74) is 1.15. The second-order valence-corrected chi connectivity index (χ2v) is 5.83. The molecule has 1 saturated heterocycles. The number of likely N-dealkylation sites (tertiary alicyclic amines) is 1. The summed E-state index contributed by atoms with van der Waals surface area (Å²) in [5, 5.41) is 4.42. The zero-order valence-electron chi connectivity index (χ0n) is 11.8. The number of hydrogen-bond acceptors (Lipinski definition) is 3. The van der Waals surface area contributed by atoms with Crippen molar-refractivity contribution in [3.63, 3.8) is 0 Å². The van der Waals surface area contributed by atoms with E-state index in [0.717, 1.165) is 32.5 Å². The van der Waals surface area contributed by atoms with Gasteiger partial charge in [-0.25, -0.2) is 4.68 Å². The van der Waals surface area contributed by atoms with E-state index >= 15 is 0 Å². The summed E-state index contributed by atoms with van der Waals surface area (Å²) < 4.78 is 1.54. The van der Waals surface area contributed by atoms with Crippen molar-refractivity contribution in [2.45, 2.75) is 25.4 Å². The molecule has 2 heterocycles. The van der Waals surface area contributed by atoms with Crippen LogP contribution in [-0.2, 0) is 6.54 Å². The van der Waals surface area contributed by atoms with Gasteiger partial charge in [-0.05, 0) is 24.5 Å². The molecule has 1 aliphatic heterocycles. The number of aromatic nitrogens is 2. The third kappa shape index (κ3) is 3.34. The highest BCUT2D eigenvalue weighted by molar-refractivity contribution is 6.30. The van der Waals surface area contributed by atoms with Gasteiger partial charge in [0.15, 0.2) is 0 Å². The fourth-order valence-electron chi connectivity index (χ4n) is 2.83. The first kappa shape index (κ1) is 14.3. The molecule has 1 aromatic carbocycles. The smallest absolute Gasteiger partial charge is 0.285 e. The minimum Gasteiger partial charge on any atom is -0.299 e. The maximum atomic E-state index is 12.0. The Balaban J connectivity index is 1.63. The summed E-state index contributed by atoms with van der Waals surface area (Å²) in [6.07, 6.45) is 3.46. The van der Waals surface area contributed by atoms with Crippen LogP contribution in [0.15, 0.2) is 47.4 Å². The van der Waals surface area contributed by atoms with E-state index in [-0.39, 0.29) is 16.6 Å². The zero-order valence-corrected chi connectivity index (χ0v) is 12.5. The Hall–Kier alpha value is -1.65. The van der Waals surface area contributed by atoms with Gasteiger partial charge >= 0.3 is 0 Å². The quantitative estimate of drug-likeness (QED) is 0.875. The first-order chi connectivity index (χ1) is 10.2. The Morgan fingerprint density at radius 3 is 2.57 bits per heavy atom. The second kappa shape index (κ2) is 6.41. The average molecular weight is 304 g/mol. The number of rotatable bonds is 3. The van der Waals surface area contributed by atoms with E-state index in [1.165, 1.54) is 5.56 Å². The van der Waals surface area contributed by atoms with E-state index in [0.29, 0.717) is 0 Å². The molecule has 1 aromatic heterocycles. The third-order valence-corrected chi connectivity index (χ3v) is 4.26. The molecule has 0 saturated carbocycles. The summed E-state index contributed by atoms with van der Waals surface area (Å²) in [4.78, 5) is 14.4. The maximum Gasteiger partial charge on any atom is 0.285 e. The number of piperidine rings is 1. The largest absolute Gasteiger partial charge is 0.299 e. The molecule has 1 aliphatic rings. The first-order valence-corrected chi connectivity index (χ1v) is 7.61. The summed E-state index contributed by atoms with van der Waals surface area (Å²) in [6, 6.07) is 12.2. The van der Waals surface area contributed by atoms with Crippen LogP contribution in [0.1, 0.15) is 24.4 Å². The molecule has 1 fully saturated rings. The Morgan fingerprint density at radius 1 is 1.14 bits per heavy atom. The summed E-state index contributed by atoms with van der Waals surface area (Å²) in [7, 11) is 0. The first-order valence-electron chi connectivity index (χ1n) is 7.23. The van der Waals surface area contributed by atoms with Gasteiger partial charge in [0, 0.05) is 25.8 Å². The van der Waals surface area contributed by atoms with Crippen LogP contribution < -0.4 is 5.56 Å². The van der Waals surface area contributed by atoms with E-state index in [2.05, 4.69) is 34.3 Å². The monoisotopic (exact) mass is 303 g/mol. The molecule has 0 spiro atoms. The number of nitrogens with zero attached hydrogens (tertiary/aromatic N) is 3. The third-order valence-electron chi connectivity index (χ3n) is 3.98. The highest BCUT2D eigenvalue weighted by Gasteiger charge is 2.22. The molecule has 110 valence electrons. The highest BCUT2D eigenvalue weighted by Crippen LogP contribution is 2.21. The van der Waals surface area contributed by atoms with Crippen LogP contribution in [0.4, 0.5) is 0 Å². The van der Waals surface area contributed by atoms with E-state index < -0.39 is 0 Å². The van der Waals surface area contributed by atoms with Crippen LogP contribution in [0, 0.1) is 0 Å². The molecule has 5 heteroatoms. The SMILES string of the molecule is O=c1c(Cl)ccnn1C1CCN(Cc2ccccc2)CC1. The van der Waals surface area contributed by atoms with Gasteiger partial charge in [-0.1, -0.05) is 41.9 Å². The Labute approximate surface area is 129 Å². The van der Waals surface area contributed by atoms with Crippen LogP contribution in [0.25, 0.3) is 0 Å². The zero-order chi connectivity index (χ0) is 14.7. The lowest BCUT2D eigenvalue weighted by Gasteiger charge is -2.32. The minimum absolute atomic E-state index is 0.156. The molecule has 21 heavy (non-hydrogen) atoms. The fourth-order valence-corrected chi connectivity index (χ4v) is 2.97. The van der Waals surface area contributed by atoms with Gasteiger partial charge in [-0.3, -0.25) is 9.69 Å². The van der Waals surface area contributed by atoms with Crippen LogP contribution in [0.2, 0.25) is 5.02 Å². The van der Waals surface area contributed by atoms with Crippen LogP contribution in [0.3, 0.4) is 0 Å². The van der Waals surface area contributed by atoms with Crippen molar-refractivity contribution in [2.75, 3.05) is 13.1 Å². The number of hydrogen-bond donors (Lipinski definition) is 0. The topological polar surface area (TPSA) is 38.1 Å². The van der Waals surface area contributed by atoms with Crippen LogP contribution in [-0.4, -0.2) is 27.8 Å². The van der Waals surface area contributed by atoms with Gasteiger partial charge in [0.05, 0.1) is 6.04 Å². The van der Waals surface area contributed by atoms with Crippen molar-refractivity contribution in [1.29, 1.82) is 0 Å². The van der Waals surface area contributed by atoms with Gasteiger partial charge in [0.1, 0.15) is 5.02 Å². The molecule has 0 atom stereocenters. The molecule has 0 N–H and O–H groups in total. The molecule has 0 amide bonds. The van der Waals surface area contributed by atoms with E-state index in [4.69, 9.17) is 11.6 Å². The van der Waals surface area contributed by atoms with Crippen molar-refractivity contribution in [1.82, 2.24) is 14.7 Å². The van der Waals surface area contributed by atoms with Gasteiger partial charge in [-0.2, -0.15) is 5.10 Å². The lowest BCUT2D eigenvalue weighted by Crippen LogP contribution is -2.38. The number of halogens is 1. The average Bonchev–Trinajstić information content (AvgIpc) is 2.52. The van der Waals surface area contributed by atoms with Crippen molar-refractivity contribution < 1.29 is 0 Å². The molecule has 4 nitrogen and oxygen atoms in total. The van der Waals surface area contributed by atoms with Crippen molar-refractivity contribution in [3.8, 4) is 0 Å². The Morgan fingerprint density at radius 2 is 1.86 bits per heavy atom. The fraction of sp³-hybridized carbons (Fsp3) is 0.375. The molecule has 0 aliphatic carbocycles. The van der Waals surface area contributed by atoms with E-state index in [1.54, 1.807) is 16.9 Å². The molecule has 3 rings (SSSR count). The molecule has 0 radical (unpaired) electrons. The van der Waals surface area contributed by atoms with Crippen LogP contribution >= 0.6 is 11.6 Å². The molecular weight excluding hydrogens is 286 g/mol. The van der Waals surface area contributed by atoms with Crippen molar-refractivity contribution in [3.05, 3.63) is 63.5 Å². The van der Waals surface area contributed by atoms with E-state index in [1.807, 2.05) is 6.07 Å². The molecule has 0 unspecified atom stereocenters. The predicted octanol–water partition coefficient (Wildman–Crippen LogP) is 2.73. The Bertz CT molecular complexity index is 648. The molecular formula is C16H18ClN3O. The molecule has 0 bridgehead atoms. The van der Waals surface area contributed by atoms with Crippen LogP contribution in [0.5, 0.6) is 0 Å². The minimum atomic E-state index is -0.180. The highest BCUT2D eigenvalue weighted by atomic mass is 35.5.